The highest BCUT2D eigenvalue weighted by Crippen LogP contribution is 2.38. The molecule has 1 aliphatic rings. The van der Waals surface area contributed by atoms with E-state index in [-0.39, 0.29) is 30.9 Å². The Morgan fingerprint density at radius 2 is 2.00 bits per heavy atom. The average molecular weight is 589 g/mol. The summed E-state index contributed by atoms with van der Waals surface area (Å²) in [6, 6.07) is 6.78. The summed E-state index contributed by atoms with van der Waals surface area (Å²) in [5.74, 6) is -1.10. The van der Waals surface area contributed by atoms with Crippen molar-refractivity contribution in [3.63, 3.8) is 0 Å². The molecule has 1 aromatic carbocycles. The van der Waals surface area contributed by atoms with E-state index in [1.54, 1.807) is 39.0 Å². The topological polar surface area (TPSA) is 97.6 Å². The standard InChI is InChI=1S/C30H35F3N4O5/c1-7-40-25(38)17-22-16-21(41-29(4,5)42-22)11-12-23-26(18(2)3)36-37(24-13-14-34-28(35-24)39-6)27(23)19-9-8-10-20(15-19)30(31,32)33/h8-15,18,21-22H,7,16-17H2,1-6H3/b12-11+. The Kier molecular flexibility index (Phi) is 9.37. The summed E-state index contributed by atoms with van der Waals surface area (Å²) >= 11 is 0. The van der Waals surface area contributed by atoms with Crippen molar-refractivity contribution in [2.24, 2.45) is 0 Å². The summed E-state index contributed by atoms with van der Waals surface area (Å²) in [6.45, 7) is 9.43. The van der Waals surface area contributed by atoms with Crippen molar-refractivity contribution in [1.29, 1.82) is 0 Å². The first kappa shape index (κ1) is 31.2. The molecule has 1 saturated heterocycles. The van der Waals surface area contributed by atoms with E-state index in [1.807, 2.05) is 19.9 Å². The highest BCUT2D eigenvalue weighted by atomic mass is 19.4. The minimum absolute atomic E-state index is 0.0746. The number of carbonyl (C=O) groups excluding carboxylic acids is 1. The summed E-state index contributed by atoms with van der Waals surface area (Å²) in [5, 5.41) is 4.80. The second-order valence-electron chi connectivity index (χ2n) is 10.6. The third-order valence-electron chi connectivity index (χ3n) is 6.54. The lowest BCUT2D eigenvalue weighted by atomic mass is 9.97. The number of hydrogen-bond acceptors (Lipinski definition) is 8. The monoisotopic (exact) mass is 588 g/mol. The molecule has 1 fully saturated rings. The van der Waals surface area contributed by atoms with Crippen molar-refractivity contribution in [1.82, 2.24) is 19.7 Å². The lowest BCUT2D eigenvalue weighted by Crippen LogP contribution is -2.44. The summed E-state index contributed by atoms with van der Waals surface area (Å²) in [6.07, 6.45) is 0.150. The fourth-order valence-electron chi connectivity index (χ4n) is 4.87. The van der Waals surface area contributed by atoms with Crippen LogP contribution in [0.3, 0.4) is 0 Å². The Morgan fingerprint density at radius 3 is 2.67 bits per heavy atom. The van der Waals surface area contributed by atoms with Crippen molar-refractivity contribution < 1.29 is 36.9 Å². The first-order valence-corrected chi connectivity index (χ1v) is 13.7. The van der Waals surface area contributed by atoms with Gasteiger partial charge in [0.2, 0.25) is 0 Å². The van der Waals surface area contributed by atoms with Gasteiger partial charge in [0.25, 0.3) is 0 Å². The van der Waals surface area contributed by atoms with Gasteiger partial charge < -0.3 is 18.9 Å². The van der Waals surface area contributed by atoms with E-state index in [2.05, 4.69) is 9.97 Å². The van der Waals surface area contributed by atoms with Crippen LogP contribution in [0.4, 0.5) is 13.2 Å². The number of hydrogen-bond donors (Lipinski definition) is 0. The number of halogens is 3. The summed E-state index contributed by atoms with van der Waals surface area (Å²) in [4.78, 5) is 20.6. The van der Waals surface area contributed by atoms with Crippen molar-refractivity contribution in [2.75, 3.05) is 13.7 Å². The Bertz CT molecular complexity index is 1430. The van der Waals surface area contributed by atoms with E-state index in [1.165, 1.54) is 24.1 Å². The summed E-state index contributed by atoms with van der Waals surface area (Å²) < 4.78 is 65.1. The largest absolute Gasteiger partial charge is 0.467 e. The SMILES string of the molecule is CCOC(=O)CC1CC(/C=C/c2c(C(C)C)nn(-c3ccnc(OC)n3)c2-c2cccc(C(F)(F)F)c2)OC(C)(C)O1. The molecule has 2 aromatic heterocycles. The van der Waals surface area contributed by atoms with Gasteiger partial charge in [0.15, 0.2) is 11.6 Å². The van der Waals surface area contributed by atoms with Gasteiger partial charge in [0.05, 0.1) is 49.3 Å². The quantitative estimate of drug-likeness (QED) is 0.267. The second-order valence-corrected chi connectivity index (χ2v) is 10.6. The molecule has 0 aliphatic carbocycles. The van der Waals surface area contributed by atoms with Crippen LogP contribution >= 0.6 is 0 Å². The van der Waals surface area contributed by atoms with Crippen molar-refractivity contribution >= 4 is 12.0 Å². The van der Waals surface area contributed by atoms with Crippen LogP contribution in [-0.4, -0.2) is 57.4 Å². The molecule has 2 unspecified atom stereocenters. The normalized spacial score (nSPS) is 18.9. The first-order valence-electron chi connectivity index (χ1n) is 13.7. The molecule has 3 aromatic rings. The molecule has 3 heterocycles. The van der Waals surface area contributed by atoms with Crippen LogP contribution in [0.5, 0.6) is 6.01 Å². The number of alkyl halides is 3. The molecule has 0 spiro atoms. The van der Waals surface area contributed by atoms with Gasteiger partial charge in [-0.25, -0.2) is 9.67 Å². The minimum Gasteiger partial charge on any atom is -0.467 e. The van der Waals surface area contributed by atoms with Gasteiger partial charge in [-0.2, -0.15) is 23.3 Å². The summed E-state index contributed by atoms with van der Waals surface area (Å²) in [5.41, 5.74) is 1.18. The molecule has 0 amide bonds. The van der Waals surface area contributed by atoms with Crippen LogP contribution in [0.2, 0.25) is 0 Å². The fourth-order valence-corrected chi connectivity index (χ4v) is 4.87. The Balaban J connectivity index is 1.84. The molecular weight excluding hydrogens is 553 g/mol. The molecule has 0 radical (unpaired) electrons. The Hall–Kier alpha value is -3.77. The van der Waals surface area contributed by atoms with Gasteiger partial charge in [-0.3, -0.25) is 4.79 Å². The third-order valence-corrected chi connectivity index (χ3v) is 6.54. The van der Waals surface area contributed by atoms with Crippen LogP contribution in [-0.2, 0) is 25.2 Å². The third kappa shape index (κ3) is 7.35. The number of benzene rings is 1. The van der Waals surface area contributed by atoms with Crippen LogP contribution in [0.1, 0.15) is 70.2 Å². The predicted molar refractivity (Wildman–Crippen MR) is 149 cm³/mol. The van der Waals surface area contributed by atoms with E-state index in [4.69, 9.17) is 24.0 Å². The van der Waals surface area contributed by atoms with E-state index in [0.717, 1.165) is 12.1 Å². The maximum Gasteiger partial charge on any atom is 0.416 e. The maximum atomic E-state index is 13.7. The van der Waals surface area contributed by atoms with Crippen molar-refractivity contribution in [2.45, 2.75) is 77.5 Å². The first-order chi connectivity index (χ1) is 19.8. The van der Waals surface area contributed by atoms with Crippen LogP contribution in [0.25, 0.3) is 23.2 Å². The highest BCUT2D eigenvalue weighted by Gasteiger charge is 2.36. The molecular formula is C30H35F3N4O5. The molecule has 0 saturated carbocycles. The second kappa shape index (κ2) is 12.6. The maximum absolute atomic E-state index is 13.7. The predicted octanol–water partition coefficient (Wildman–Crippen LogP) is 6.36. The average Bonchev–Trinajstić information content (AvgIpc) is 3.31. The fraction of sp³-hybridized carbons (Fsp3) is 0.467. The molecule has 9 nitrogen and oxygen atoms in total. The van der Waals surface area contributed by atoms with Gasteiger partial charge in [-0.1, -0.05) is 38.1 Å². The van der Waals surface area contributed by atoms with Gasteiger partial charge in [-0.15, -0.1) is 0 Å². The van der Waals surface area contributed by atoms with Gasteiger partial charge in [0.1, 0.15) is 0 Å². The van der Waals surface area contributed by atoms with Crippen molar-refractivity contribution in [3.05, 3.63) is 59.4 Å². The molecule has 0 N–H and O–H groups in total. The lowest BCUT2D eigenvalue weighted by Gasteiger charge is -2.39. The number of methoxy groups -OCH3 is 1. The van der Waals surface area contributed by atoms with E-state index in [9.17, 15) is 18.0 Å². The molecule has 226 valence electrons. The Morgan fingerprint density at radius 1 is 1.24 bits per heavy atom. The number of ether oxygens (including phenoxy) is 4. The van der Waals surface area contributed by atoms with Crippen molar-refractivity contribution in [3.8, 4) is 23.1 Å². The molecule has 42 heavy (non-hydrogen) atoms. The number of nitrogens with zero attached hydrogens (tertiary/aromatic N) is 4. The van der Waals surface area contributed by atoms with E-state index >= 15 is 0 Å². The zero-order valence-corrected chi connectivity index (χ0v) is 24.4. The lowest BCUT2D eigenvalue weighted by molar-refractivity contribution is -0.290. The zero-order chi connectivity index (χ0) is 30.7. The van der Waals surface area contributed by atoms with Gasteiger partial charge >= 0.3 is 18.2 Å². The highest BCUT2D eigenvalue weighted by molar-refractivity contribution is 5.76. The smallest absolute Gasteiger partial charge is 0.416 e. The van der Waals surface area contributed by atoms with E-state index in [0.29, 0.717) is 34.8 Å². The summed E-state index contributed by atoms with van der Waals surface area (Å²) in [7, 11) is 1.42. The number of aromatic nitrogens is 4. The number of rotatable bonds is 9. The van der Waals surface area contributed by atoms with Gasteiger partial charge in [-0.05, 0) is 38.8 Å². The van der Waals surface area contributed by atoms with Crippen LogP contribution in [0, 0.1) is 0 Å². The number of esters is 1. The minimum atomic E-state index is -4.54. The Labute approximate surface area is 242 Å². The molecule has 4 rings (SSSR count). The molecule has 0 bridgehead atoms. The van der Waals surface area contributed by atoms with Gasteiger partial charge in [0, 0.05) is 29.8 Å². The zero-order valence-electron chi connectivity index (χ0n) is 24.4. The molecule has 1 aliphatic heterocycles. The molecule has 12 heteroatoms. The van der Waals surface area contributed by atoms with E-state index < -0.39 is 29.7 Å². The van der Waals surface area contributed by atoms with Crippen LogP contribution in [0.15, 0.2) is 42.6 Å². The van der Waals surface area contributed by atoms with Crippen LogP contribution < -0.4 is 4.74 Å². The molecule has 2 atom stereocenters. The number of carbonyl (C=O) groups is 1.